The second-order valence-electron chi connectivity index (χ2n) is 6.05. The molecule has 0 aliphatic rings. The van der Waals surface area contributed by atoms with Gasteiger partial charge in [-0.05, 0) is 24.6 Å². The van der Waals surface area contributed by atoms with Gasteiger partial charge in [0, 0.05) is 12.4 Å². The minimum atomic E-state index is -0.516. The van der Waals surface area contributed by atoms with Crippen LogP contribution in [-0.4, -0.2) is 35.6 Å². The third kappa shape index (κ3) is 3.91. The zero-order valence-corrected chi connectivity index (χ0v) is 14.7. The molecule has 1 heterocycles. The third-order valence-electron chi connectivity index (χ3n) is 4.38. The molecule has 0 radical (unpaired) electrons. The van der Waals surface area contributed by atoms with Gasteiger partial charge in [-0.3, -0.25) is 9.59 Å². The Labute approximate surface area is 151 Å². The van der Waals surface area contributed by atoms with Crippen molar-refractivity contribution in [3.8, 4) is 0 Å². The summed E-state index contributed by atoms with van der Waals surface area (Å²) in [6.45, 7) is 1.62. The molecule has 0 fully saturated rings. The molecule has 0 N–H and O–H groups in total. The first kappa shape index (κ1) is 17.7. The van der Waals surface area contributed by atoms with E-state index in [9.17, 15) is 9.59 Å². The monoisotopic (exact) mass is 352 g/mol. The summed E-state index contributed by atoms with van der Waals surface area (Å²) in [4.78, 5) is 25.9. The second kappa shape index (κ2) is 7.82. The van der Waals surface area contributed by atoms with Gasteiger partial charge in [-0.1, -0.05) is 47.6 Å². The number of para-hydroxylation sites is 1. The average Bonchev–Trinajstić information content (AvgIpc) is 3.08. The first-order valence-electron chi connectivity index (χ1n) is 8.36. The molecule has 0 bridgehead atoms. The van der Waals surface area contributed by atoms with Gasteiger partial charge in [-0.2, -0.15) is 0 Å². The molecule has 0 aliphatic heterocycles. The normalized spacial score (nSPS) is 11.9. The summed E-state index contributed by atoms with van der Waals surface area (Å²) >= 11 is 0. The molecule has 3 aromatic rings. The summed E-state index contributed by atoms with van der Waals surface area (Å²) in [6.07, 6.45) is -0.0394. The van der Waals surface area contributed by atoms with Crippen molar-refractivity contribution in [2.75, 3.05) is 13.7 Å². The van der Waals surface area contributed by atoms with Crippen molar-refractivity contribution in [3.05, 3.63) is 65.9 Å². The van der Waals surface area contributed by atoms with E-state index >= 15 is 0 Å². The smallest absolute Gasteiger partial charge is 0.312 e. The summed E-state index contributed by atoms with van der Waals surface area (Å²) in [7, 11) is 1.69. The minimum Gasteiger partial charge on any atom is -0.455 e. The molecule has 2 aromatic carbocycles. The lowest BCUT2D eigenvalue weighted by Gasteiger charge is -2.25. The number of amides is 1. The van der Waals surface area contributed by atoms with Gasteiger partial charge in [-0.25, -0.2) is 0 Å². The molecular weight excluding hydrogens is 332 g/mol. The molecule has 1 amide bonds. The van der Waals surface area contributed by atoms with Crippen LogP contribution in [0.1, 0.15) is 24.2 Å². The Morgan fingerprint density at radius 3 is 2.58 bits per heavy atom. The highest BCUT2D eigenvalue weighted by Crippen LogP contribution is 2.19. The Morgan fingerprint density at radius 2 is 1.81 bits per heavy atom. The Morgan fingerprint density at radius 1 is 1.12 bits per heavy atom. The second-order valence-corrected chi connectivity index (χ2v) is 6.05. The molecule has 0 aliphatic carbocycles. The van der Waals surface area contributed by atoms with Gasteiger partial charge in [0.2, 0.25) is 0 Å². The molecule has 0 saturated heterocycles. The zero-order valence-electron chi connectivity index (χ0n) is 14.7. The Kier molecular flexibility index (Phi) is 5.31. The molecule has 0 saturated carbocycles. The number of benzene rings is 2. The number of nitrogens with zero attached hydrogens (tertiary/aromatic N) is 2. The van der Waals surface area contributed by atoms with Gasteiger partial charge in [0.25, 0.3) is 5.91 Å². The molecule has 6 nitrogen and oxygen atoms in total. The van der Waals surface area contributed by atoms with Gasteiger partial charge in [0.15, 0.2) is 12.2 Å². The van der Waals surface area contributed by atoms with Gasteiger partial charge in [0.05, 0.1) is 12.5 Å². The van der Waals surface area contributed by atoms with Crippen LogP contribution in [0.15, 0.2) is 59.1 Å². The van der Waals surface area contributed by atoms with Crippen molar-refractivity contribution in [2.45, 2.75) is 19.4 Å². The summed E-state index contributed by atoms with van der Waals surface area (Å²) in [5, 5.41) is 4.66. The number of esters is 1. The van der Waals surface area contributed by atoms with Crippen molar-refractivity contribution in [1.82, 2.24) is 10.1 Å². The van der Waals surface area contributed by atoms with E-state index in [1.54, 1.807) is 18.0 Å². The van der Waals surface area contributed by atoms with Crippen molar-refractivity contribution < 1.29 is 18.8 Å². The summed E-state index contributed by atoms with van der Waals surface area (Å²) < 4.78 is 10.3. The number of likely N-dealkylation sites (N-methyl/N-ethyl adjacent to an activating group) is 1. The van der Waals surface area contributed by atoms with Crippen LogP contribution in [0.2, 0.25) is 0 Å². The number of carbonyl (C=O) groups is 2. The predicted octanol–water partition coefficient (Wildman–Crippen LogP) is 3.13. The standard InChI is InChI=1S/C20H20N2O4/c1-14(15-8-4-3-5-9-15)22(2)19(23)13-25-20(24)12-17-16-10-6-7-11-18(16)26-21-17/h3-11,14H,12-13H2,1-2H3/t14-/m0/s1. The molecular formula is C20H20N2O4. The maximum atomic E-state index is 12.3. The molecule has 0 unspecified atom stereocenters. The van der Waals surface area contributed by atoms with E-state index in [1.807, 2.05) is 55.5 Å². The van der Waals surface area contributed by atoms with E-state index in [0.717, 1.165) is 10.9 Å². The summed E-state index contributed by atoms with van der Waals surface area (Å²) in [6, 6.07) is 16.9. The minimum absolute atomic E-state index is 0.0394. The van der Waals surface area contributed by atoms with Gasteiger partial charge < -0.3 is 14.2 Å². The van der Waals surface area contributed by atoms with Gasteiger partial charge in [0.1, 0.15) is 5.69 Å². The number of hydrogen-bond acceptors (Lipinski definition) is 5. The van der Waals surface area contributed by atoms with Gasteiger partial charge >= 0.3 is 5.97 Å². The SMILES string of the molecule is C[C@@H](c1ccccc1)N(C)C(=O)COC(=O)Cc1noc2ccccc12. The van der Waals surface area contributed by atoms with Crippen LogP contribution < -0.4 is 0 Å². The third-order valence-corrected chi connectivity index (χ3v) is 4.38. The van der Waals surface area contributed by atoms with Crippen LogP contribution >= 0.6 is 0 Å². The number of fused-ring (bicyclic) bond motifs is 1. The van der Waals surface area contributed by atoms with Crippen molar-refractivity contribution in [2.24, 2.45) is 0 Å². The molecule has 26 heavy (non-hydrogen) atoms. The molecule has 134 valence electrons. The number of hydrogen-bond donors (Lipinski definition) is 0. The van der Waals surface area contributed by atoms with Crippen LogP contribution in [0.4, 0.5) is 0 Å². The molecule has 0 spiro atoms. The first-order chi connectivity index (χ1) is 12.6. The van der Waals surface area contributed by atoms with Crippen molar-refractivity contribution in [3.63, 3.8) is 0 Å². The number of ether oxygens (including phenoxy) is 1. The van der Waals surface area contributed by atoms with Crippen LogP contribution in [0.5, 0.6) is 0 Å². The van der Waals surface area contributed by atoms with E-state index in [0.29, 0.717) is 11.3 Å². The first-order valence-corrected chi connectivity index (χ1v) is 8.36. The highest BCUT2D eigenvalue weighted by Gasteiger charge is 2.19. The lowest BCUT2D eigenvalue weighted by atomic mass is 10.1. The molecule has 1 aromatic heterocycles. The van der Waals surface area contributed by atoms with Crippen LogP contribution in [0, 0.1) is 0 Å². The largest absolute Gasteiger partial charge is 0.455 e. The van der Waals surface area contributed by atoms with E-state index in [1.165, 1.54) is 0 Å². The maximum Gasteiger partial charge on any atom is 0.312 e. The number of rotatable bonds is 6. The Hall–Kier alpha value is -3.15. The number of aromatic nitrogens is 1. The fourth-order valence-electron chi connectivity index (χ4n) is 2.67. The van der Waals surface area contributed by atoms with Gasteiger partial charge in [-0.15, -0.1) is 0 Å². The van der Waals surface area contributed by atoms with E-state index in [-0.39, 0.29) is 25.0 Å². The van der Waals surface area contributed by atoms with Crippen molar-refractivity contribution in [1.29, 1.82) is 0 Å². The van der Waals surface area contributed by atoms with Crippen LogP contribution in [0.25, 0.3) is 11.0 Å². The lowest BCUT2D eigenvalue weighted by molar-refractivity contribution is -0.151. The predicted molar refractivity (Wildman–Crippen MR) is 96.3 cm³/mol. The fraction of sp³-hybridized carbons (Fsp3) is 0.250. The zero-order chi connectivity index (χ0) is 18.5. The highest BCUT2D eigenvalue weighted by atomic mass is 16.5. The molecule has 3 rings (SSSR count). The highest BCUT2D eigenvalue weighted by molar-refractivity contribution is 5.85. The van der Waals surface area contributed by atoms with E-state index in [2.05, 4.69) is 5.16 Å². The number of carbonyl (C=O) groups excluding carboxylic acids is 2. The fourth-order valence-corrected chi connectivity index (χ4v) is 2.67. The molecule has 6 heteroatoms. The lowest BCUT2D eigenvalue weighted by Crippen LogP contribution is -2.33. The van der Waals surface area contributed by atoms with E-state index in [4.69, 9.17) is 9.26 Å². The quantitative estimate of drug-likeness (QED) is 0.637. The maximum absolute atomic E-state index is 12.3. The van der Waals surface area contributed by atoms with E-state index < -0.39 is 5.97 Å². The topological polar surface area (TPSA) is 72.6 Å². The van der Waals surface area contributed by atoms with Crippen LogP contribution in [0.3, 0.4) is 0 Å². The van der Waals surface area contributed by atoms with Crippen molar-refractivity contribution >= 4 is 22.8 Å². The summed E-state index contributed by atoms with van der Waals surface area (Å²) in [5.74, 6) is -0.780. The van der Waals surface area contributed by atoms with Crippen LogP contribution in [-0.2, 0) is 20.7 Å². The average molecular weight is 352 g/mol. The Balaban J connectivity index is 1.54. The Bertz CT molecular complexity index is 904. The molecule has 1 atom stereocenters. The summed E-state index contributed by atoms with van der Waals surface area (Å²) in [5.41, 5.74) is 2.13.